The molecule has 0 unspecified atom stereocenters. The number of fused-ring (bicyclic) bond motifs is 4. The van der Waals surface area contributed by atoms with E-state index < -0.39 is 0 Å². The van der Waals surface area contributed by atoms with E-state index >= 15 is 0 Å². The van der Waals surface area contributed by atoms with Crippen molar-refractivity contribution >= 4 is 27.2 Å². The van der Waals surface area contributed by atoms with Crippen molar-refractivity contribution in [3.05, 3.63) is 42.5 Å². The Bertz CT molecular complexity index is 845. The lowest BCUT2D eigenvalue weighted by Crippen LogP contribution is -2.59. The maximum absolute atomic E-state index is 4.48. The smallest absolute Gasteiger partial charge is 0.148 e. The zero-order chi connectivity index (χ0) is 16.8. The Kier molecular flexibility index (Phi) is 3.71. The Balaban J connectivity index is 1.36. The molecule has 3 aliphatic rings. The molecule has 5 heteroatoms. The molecule has 2 atom stereocenters. The third-order valence-corrected chi connectivity index (χ3v) is 6.97. The molecule has 0 saturated carbocycles. The predicted molar refractivity (Wildman–Crippen MR) is 104 cm³/mol. The van der Waals surface area contributed by atoms with E-state index in [9.17, 15) is 0 Å². The lowest BCUT2D eigenvalue weighted by molar-refractivity contribution is 0.0457. The number of nitrogens with one attached hydrogen (secondary N) is 1. The lowest BCUT2D eigenvalue weighted by atomic mass is 9.79. The number of hydrogen-bond acceptors (Lipinski definition) is 5. The van der Waals surface area contributed by atoms with Crippen LogP contribution in [0.15, 0.2) is 42.5 Å². The number of rotatable bonds is 3. The summed E-state index contributed by atoms with van der Waals surface area (Å²) in [5.41, 5.74) is 0.953. The van der Waals surface area contributed by atoms with E-state index in [-0.39, 0.29) is 0 Å². The van der Waals surface area contributed by atoms with Gasteiger partial charge in [0.15, 0.2) is 0 Å². The molecule has 1 N–H and O–H groups in total. The number of nitrogens with zero attached hydrogens (tertiary/aromatic N) is 3. The highest BCUT2D eigenvalue weighted by atomic mass is 32.1. The second kappa shape index (κ2) is 6.07. The van der Waals surface area contributed by atoms with Gasteiger partial charge >= 0.3 is 0 Å². The van der Waals surface area contributed by atoms with Gasteiger partial charge < -0.3 is 5.32 Å². The van der Waals surface area contributed by atoms with Gasteiger partial charge in [-0.15, -0.1) is 21.5 Å². The van der Waals surface area contributed by atoms with Crippen LogP contribution >= 0.6 is 11.3 Å². The molecule has 2 aromatic heterocycles. The molecule has 0 radical (unpaired) electrons. The number of aromatic nitrogens is 2. The topological polar surface area (TPSA) is 41.1 Å². The molecule has 128 valence electrons. The number of thiophene rings is 1. The van der Waals surface area contributed by atoms with Crippen molar-refractivity contribution in [2.45, 2.75) is 31.8 Å². The first-order valence-corrected chi connectivity index (χ1v) is 9.93. The van der Waals surface area contributed by atoms with Crippen molar-refractivity contribution in [2.24, 2.45) is 5.92 Å². The molecule has 3 fully saturated rings. The minimum atomic E-state index is 0.493. The number of hydrogen-bond donors (Lipinski definition) is 1. The molecule has 3 aliphatic heterocycles. The van der Waals surface area contributed by atoms with Gasteiger partial charge in [-0.2, -0.15) is 0 Å². The van der Waals surface area contributed by atoms with Crippen LogP contribution in [0.4, 0.5) is 5.82 Å². The lowest BCUT2D eigenvalue weighted by Gasteiger charge is -2.50. The van der Waals surface area contributed by atoms with Crippen LogP contribution < -0.4 is 5.32 Å². The molecule has 6 rings (SSSR count). The summed E-state index contributed by atoms with van der Waals surface area (Å²) in [6, 6.07) is 15.9. The predicted octanol–water partition coefficient (Wildman–Crippen LogP) is 4.25. The Labute approximate surface area is 151 Å². The molecular formula is C20H22N4S. The monoisotopic (exact) mass is 350 g/mol. The van der Waals surface area contributed by atoms with Crippen LogP contribution in [-0.2, 0) is 0 Å². The molecule has 3 aromatic rings. The van der Waals surface area contributed by atoms with Crippen LogP contribution in [0.2, 0.25) is 0 Å². The molecule has 0 amide bonds. The second-order valence-corrected chi connectivity index (χ2v) is 8.32. The molecule has 25 heavy (non-hydrogen) atoms. The maximum atomic E-state index is 4.48. The van der Waals surface area contributed by atoms with Gasteiger partial charge in [-0.25, -0.2) is 0 Å². The third kappa shape index (κ3) is 2.71. The van der Waals surface area contributed by atoms with E-state index in [0.717, 1.165) is 17.4 Å². The molecule has 0 spiro atoms. The number of anilines is 1. The molecule has 4 nitrogen and oxygen atoms in total. The Hall–Kier alpha value is -1.98. The fourth-order valence-corrected chi connectivity index (χ4v) is 5.39. The quantitative estimate of drug-likeness (QED) is 0.766. The van der Waals surface area contributed by atoms with Crippen molar-refractivity contribution in [2.75, 3.05) is 18.4 Å². The molecule has 3 saturated heterocycles. The standard InChI is InChI=1S/C20H22N4S/c1-13-20(14-8-10-24(13)11-9-14)21-19-7-6-16(22-23-19)18-12-15-4-2-3-5-17(15)25-18/h2-7,12-14,20H,8-11H2,1H3,(H,21,23)/t13-,20+/m1/s1. The normalized spacial score (nSPS) is 28.4. The number of piperidine rings is 3. The van der Waals surface area contributed by atoms with Gasteiger partial charge in [0.25, 0.3) is 0 Å². The van der Waals surface area contributed by atoms with Gasteiger partial charge in [0.2, 0.25) is 0 Å². The first-order valence-electron chi connectivity index (χ1n) is 9.11. The average molecular weight is 350 g/mol. The largest absolute Gasteiger partial charge is 0.364 e. The van der Waals surface area contributed by atoms with Crippen LogP contribution in [0.3, 0.4) is 0 Å². The van der Waals surface area contributed by atoms with Crippen molar-refractivity contribution in [3.63, 3.8) is 0 Å². The Morgan fingerprint density at radius 2 is 1.92 bits per heavy atom. The summed E-state index contributed by atoms with van der Waals surface area (Å²) in [6.45, 7) is 4.84. The van der Waals surface area contributed by atoms with Gasteiger partial charge in [0.05, 0.1) is 4.88 Å². The van der Waals surface area contributed by atoms with Crippen LogP contribution in [0.5, 0.6) is 0 Å². The van der Waals surface area contributed by atoms with Crippen LogP contribution in [0.1, 0.15) is 19.8 Å². The van der Waals surface area contributed by atoms with E-state index in [0.29, 0.717) is 12.1 Å². The summed E-state index contributed by atoms with van der Waals surface area (Å²) in [6.07, 6.45) is 2.60. The first-order chi connectivity index (χ1) is 12.3. The molecular weight excluding hydrogens is 328 g/mol. The molecule has 2 bridgehead atoms. The SMILES string of the molecule is C[C@@H]1[C@H](Nc2ccc(-c3cc4ccccc4s3)nn2)C2CCN1CC2. The van der Waals surface area contributed by atoms with Gasteiger partial charge in [-0.1, -0.05) is 18.2 Å². The van der Waals surface area contributed by atoms with Crippen LogP contribution in [-0.4, -0.2) is 40.3 Å². The first kappa shape index (κ1) is 15.3. The van der Waals surface area contributed by atoms with E-state index in [1.165, 1.54) is 40.9 Å². The van der Waals surface area contributed by atoms with Crippen molar-refractivity contribution in [3.8, 4) is 10.6 Å². The van der Waals surface area contributed by atoms with E-state index in [1.54, 1.807) is 11.3 Å². The third-order valence-electron chi connectivity index (χ3n) is 5.83. The van der Waals surface area contributed by atoms with E-state index in [4.69, 9.17) is 0 Å². The summed E-state index contributed by atoms with van der Waals surface area (Å²) in [5.74, 6) is 1.67. The van der Waals surface area contributed by atoms with Gasteiger partial charge in [-0.05, 0) is 68.4 Å². The minimum absolute atomic E-state index is 0.493. The van der Waals surface area contributed by atoms with Gasteiger partial charge in [-0.3, -0.25) is 4.90 Å². The van der Waals surface area contributed by atoms with Crippen molar-refractivity contribution < 1.29 is 0 Å². The highest BCUT2D eigenvalue weighted by Gasteiger charge is 2.39. The summed E-state index contributed by atoms with van der Waals surface area (Å²) in [4.78, 5) is 3.77. The molecule has 1 aromatic carbocycles. The van der Waals surface area contributed by atoms with Crippen LogP contribution in [0, 0.1) is 5.92 Å². The molecule has 0 aliphatic carbocycles. The molecule has 5 heterocycles. The minimum Gasteiger partial charge on any atom is -0.364 e. The van der Waals surface area contributed by atoms with E-state index in [2.05, 4.69) is 69.8 Å². The highest BCUT2D eigenvalue weighted by molar-refractivity contribution is 7.22. The maximum Gasteiger partial charge on any atom is 0.148 e. The van der Waals surface area contributed by atoms with Gasteiger partial charge in [0, 0.05) is 16.8 Å². The summed E-state index contributed by atoms with van der Waals surface area (Å²) in [5, 5.41) is 13.9. The van der Waals surface area contributed by atoms with Gasteiger partial charge in [0.1, 0.15) is 11.5 Å². The Morgan fingerprint density at radius 3 is 2.64 bits per heavy atom. The van der Waals surface area contributed by atoms with Crippen molar-refractivity contribution in [1.29, 1.82) is 0 Å². The summed E-state index contributed by atoms with van der Waals surface area (Å²) < 4.78 is 1.29. The average Bonchev–Trinajstić information content (AvgIpc) is 3.10. The second-order valence-electron chi connectivity index (χ2n) is 7.24. The Morgan fingerprint density at radius 1 is 1.08 bits per heavy atom. The zero-order valence-electron chi connectivity index (χ0n) is 14.4. The fourth-order valence-electron chi connectivity index (χ4n) is 4.36. The van der Waals surface area contributed by atoms with Crippen LogP contribution in [0.25, 0.3) is 20.7 Å². The zero-order valence-corrected chi connectivity index (χ0v) is 15.2. The summed E-state index contributed by atoms with van der Waals surface area (Å²) >= 11 is 1.77. The van der Waals surface area contributed by atoms with Crippen molar-refractivity contribution in [1.82, 2.24) is 15.1 Å². The fraction of sp³-hybridized carbons (Fsp3) is 0.400. The van der Waals surface area contributed by atoms with E-state index in [1.807, 2.05) is 0 Å². The number of benzene rings is 1. The highest BCUT2D eigenvalue weighted by Crippen LogP contribution is 2.35. The summed E-state index contributed by atoms with van der Waals surface area (Å²) in [7, 11) is 0.